The summed E-state index contributed by atoms with van der Waals surface area (Å²) < 4.78 is 0. The van der Waals surface area contributed by atoms with E-state index in [4.69, 9.17) is 0 Å². The molecule has 88 valence electrons. The number of nitriles is 1. The maximum absolute atomic E-state index is 9.22. The van der Waals surface area contributed by atoms with Gasteiger partial charge in [0.15, 0.2) is 0 Å². The number of halogens is 3. The molecule has 0 radical (unpaired) electrons. The van der Waals surface area contributed by atoms with Crippen molar-refractivity contribution in [2.45, 2.75) is 19.3 Å². The lowest BCUT2D eigenvalue weighted by Gasteiger charge is -1.99. The summed E-state index contributed by atoms with van der Waals surface area (Å²) in [4.78, 5) is 3.38. The van der Waals surface area contributed by atoms with Gasteiger partial charge >= 0.3 is 0 Å². The predicted molar refractivity (Wildman–Crippen MR) is 78.0 cm³/mol. The zero-order valence-electron chi connectivity index (χ0n) is 8.82. The summed E-state index contributed by atoms with van der Waals surface area (Å²) >= 11 is 10.3. The molecule has 0 saturated heterocycles. The van der Waals surface area contributed by atoms with Gasteiger partial charge in [-0.15, -0.1) is 0 Å². The molecule has 1 rings (SSSR count). The summed E-state index contributed by atoms with van der Waals surface area (Å²) in [6, 6.07) is 2.32. The van der Waals surface area contributed by atoms with E-state index in [2.05, 4.69) is 58.8 Å². The third-order valence-electron chi connectivity index (χ3n) is 2.41. The van der Waals surface area contributed by atoms with Gasteiger partial charge in [0, 0.05) is 27.4 Å². The lowest BCUT2D eigenvalue weighted by atomic mass is 10.1. The standard InChI is InChI=1S/C11H13Br3N2/c12-4-1-8-9(7-15)11(3-6-14)16-10(8)2-5-13/h16H,1-6H2. The van der Waals surface area contributed by atoms with E-state index in [1.54, 1.807) is 0 Å². The number of alkyl halides is 3. The minimum Gasteiger partial charge on any atom is -0.361 e. The van der Waals surface area contributed by atoms with Crippen LogP contribution < -0.4 is 0 Å². The van der Waals surface area contributed by atoms with E-state index in [0.29, 0.717) is 0 Å². The van der Waals surface area contributed by atoms with Crippen LogP contribution in [0.25, 0.3) is 0 Å². The molecule has 16 heavy (non-hydrogen) atoms. The first-order valence-corrected chi connectivity index (χ1v) is 8.45. The number of hydrogen-bond donors (Lipinski definition) is 1. The lowest BCUT2D eigenvalue weighted by molar-refractivity contribution is 0.991. The first kappa shape index (κ1) is 14.3. The van der Waals surface area contributed by atoms with Crippen molar-refractivity contribution in [3.63, 3.8) is 0 Å². The Hall–Kier alpha value is 0.210. The first-order chi connectivity index (χ1) is 7.78. The van der Waals surface area contributed by atoms with Gasteiger partial charge in [-0.05, 0) is 24.8 Å². The Bertz CT molecular complexity index is 379. The second-order valence-electron chi connectivity index (χ2n) is 3.36. The van der Waals surface area contributed by atoms with Crippen molar-refractivity contribution in [3.8, 4) is 6.07 Å². The highest BCUT2D eigenvalue weighted by Gasteiger charge is 2.15. The number of nitrogens with zero attached hydrogens (tertiary/aromatic N) is 1. The van der Waals surface area contributed by atoms with E-state index in [0.717, 1.165) is 46.5 Å². The summed E-state index contributed by atoms with van der Waals surface area (Å²) in [7, 11) is 0. The van der Waals surface area contributed by atoms with Crippen LogP contribution in [0.2, 0.25) is 0 Å². The molecule has 0 aromatic carbocycles. The van der Waals surface area contributed by atoms with Crippen LogP contribution in [0.4, 0.5) is 0 Å². The molecule has 1 aromatic rings. The maximum Gasteiger partial charge on any atom is 0.101 e. The minimum atomic E-state index is 0.842. The van der Waals surface area contributed by atoms with Crippen molar-refractivity contribution in [1.82, 2.24) is 4.98 Å². The van der Waals surface area contributed by atoms with Gasteiger partial charge < -0.3 is 4.98 Å². The molecule has 1 N–H and O–H groups in total. The quantitative estimate of drug-likeness (QED) is 0.711. The Morgan fingerprint density at radius 1 is 0.938 bits per heavy atom. The number of rotatable bonds is 6. The molecule has 0 aliphatic rings. The van der Waals surface area contributed by atoms with E-state index >= 15 is 0 Å². The van der Waals surface area contributed by atoms with Crippen molar-refractivity contribution in [2.75, 3.05) is 16.0 Å². The fourth-order valence-corrected chi connectivity index (χ4v) is 2.94. The van der Waals surface area contributed by atoms with E-state index in [1.165, 1.54) is 11.3 Å². The normalized spacial score (nSPS) is 10.4. The van der Waals surface area contributed by atoms with E-state index < -0.39 is 0 Å². The summed E-state index contributed by atoms with van der Waals surface area (Å²) in [5.74, 6) is 0. The van der Waals surface area contributed by atoms with Gasteiger partial charge in [0.1, 0.15) is 6.07 Å². The molecule has 0 spiro atoms. The van der Waals surface area contributed by atoms with Gasteiger partial charge in [0.05, 0.1) is 5.56 Å². The monoisotopic (exact) mass is 410 g/mol. The second-order valence-corrected chi connectivity index (χ2v) is 5.74. The molecule has 2 nitrogen and oxygen atoms in total. The molecule has 0 saturated carbocycles. The molecule has 0 atom stereocenters. The number of aromatic nitrogens is 1. The summed E-state index contributed by atoms with van der Waals surface area (Å²) in [5, 5.41) is 11.9. The molecular weight excluding hydrogens is 400 g/mol. The molecule has 0 unspecified atom stereocenters. The Balaban J connectivity index is 3.12. The largest absolute Gasteiger partial charge is 0.361 e. The van der Waals surface area contributed by atoms with E-state index in [-0.39, 0.29) is 0 Å². The van der Waals surface area contributed by atoms with Gasteiger partial charge in [0.2, 0.25) is 0 Å². The van der Waals surface area contributed by atoms with Crippen LogP contribution in [0, 0.1) is 11.3 Å². The molecule has 0 aliphatic heterocycles. The average molecular weight is 413 g/mol. The smallest absolute Gasteiger partial charge is 0.101 e. The lowest BCUT2D eigenvalue weighted by Crippen LogP contribution is -1.95. The van der Waals surface area contributed by atoms with Gasteiger partial charge in [-0.3, -0.25) is 0 Å². The molecule has 0 amide bonds. The van der Waals surface area contributed by atoms with Crippen LogP contribution >= 0.6 is 47.8 Å². The van der Waals surface area contributed by atoms with Crippen LogP contribution in [-0.4, -0.2) is 21.0 Å². The van der Waals surface area contributed by atoms with E-state index in [9.17, 15) is 5.26 Å². The number of hydrogen-bond acceptors (Lipinski definition) is 1. The highest BCUT2D eigenvalue weighted by atomic mass is 79.9. The Morgan fingerprint density at radius 3 is 2.00 bits per heavy atom. The Kier molecular flexibility index (Phi) is 6.71. The van der Waals surface area contributed by atoms with Crippen LogP contribution in [0.3, 0.4) is 0 Å². The zero-order chi connectivity index (χ0) is 12.0. The first-order valence-electron chi connectivity index (χ1n) is 5.09. The van der Waals surface area contributed by atoms with Crippen molar-refractivity contribution in [1.29, 1.82) is 5.26 Å². The molecule has 0 aliphatic carbocycles. The van der Waals surface area contributed by atoms with Gasteiger partial charge in [-0.25, -0.2) is 0 Å². The van der Waals surface area contributed by atoms with Crippen LogP contribution in [0.15, 0.2) is 0 Å². The Morgan fingerprint density at radius 2 is 1.50 bits per heavy atom. The average Bonchev–Trinajstić information content (AvgIpc) is 2.58. The number of H-pyrrole nitrogens is 1. The zero-order valence-corrected chi connectivity index (χ0v) is 13.6. The molecule has 5 heteroatoms. The fourth-order valence-electron chi connectivity index (χ4n) is 1.75. The molecule has 1 heterocycles. The fraction of sp³-hybridized carbons (Fsp3) is 0.545. The molecule has 0 fully saturated rings. The minimum absolute atomic E-state index is 0.842. The number of nitrogens with one attached hydrogen (secondary N) is 1. The van der Waals surface area contributed by atoms with Crippen molar-refractivity contribution < 1.29 is 0 Å². The molecule has 1 aromatic heterocycles. The number of aromatic amines is 1. The second kappa shape index (κ2) is 7.52. The van der Waals surface area contributed by atoms with Crippen molar-refractivity contribution >= 4 is 47.8 Å². The molecular formula is C11H13Br3N2. The van der Waals surface area contributed by atoms with Crippen LogP contribution in [-0.2, 0) is 19.3 Å². The van der Waals surface area contributed by atoms with E-state index in [1.807, 2.05) is 0 Å². The summed E-state index contributed by atoms with van der Waals surface area (Å²) in [5.41, 5.74) is 4.28. The van der Waals surface area contributed by atoms with Crippen molar-refractivity contribution in [2.24, 2.45) is 0 Å². The predicted octanol–water partition coefficient (Wildman–Crippen LogP) is 3.70. The molecule has 0 bridgehead atoms. The maximum atomic E-state index is 9.22. The van der Waals surface area contributed by atoms with Gasteiger partial charge in [0.25, 0.3) is 0 Å². The summed E-state index contributed by atoms with van der Waals surface area (Å²) in [6.45, 7) is 0. The summed E-state index contributed by atoms with van der Waals surface area (Å²) in [6.07, 6.45) is 2.73. The highest BCUT2D eigenvalue weighted by Crippen LogP contribution is 2.22. The van der Waals surface area contributed by atoms with Gasteiger partial charge in [-0.1, -0.05) is 47.8 Å². The third kappa shape index (κ3) is 3.35. The highest BCUT2D eigenvalue weighted by molar-refractivity contribution is 9.09. The topological polar surface area (TPSA) is 39.6 Å². The van der Waals surface area contributed by atoms with Crippen molar-refractivity contribution in [3.05, 3.63) is 22.5 Å². The Labute approximate surface area is 121 Å². The van der Waals surface area contributed by atoms with Gasteiger partial charge in [-0.2, -0.15) is 5.26 Å². The number of aryl methyl sites for hydroxylation is 2. The SMILES string of the molecule is N#Cc1c(CCBr)[nH]c(CCBr)c1CCBr. The van der Waals surface area contributed by atoms with Crippen LogP contribution in [0.5, 0.6) is 0 Å². The van der Waals surface area contributed by atoms with Crippen LogP contribution in [0.1, 0.15) is 22.5 Å². The third-order valence-corrected chi connectivity index (χ3v) is 3.60.